The first-order valence-corrected chi connectivity index (χ1v) is 31.1. The predicted octanol–water partition coefficient (Wildman–Crippen LogP) is 22.1. The van der Waals surface area contributed by atoms with Crippen molar-refractivity contribution in [2.75, 3.05) is 35.8 Å². The molecule has 13 aromatic rings. The molecule has 15 rings (SSSR count). The Hall–Kier alpha value is -10.5. The molecule has 438 valence electrons. The van der Waals surface area contributed by atoms with Gasteiger partial charge in [0.15, 0.2) is 16.7 Å². The lowest BCUT2D eigenvalue weighted by Gasteiger charge is -2.34. The zero-order valence-corrected chi connectivity index (χ0v) is 51.1. The predicted molar refractivity (Wildman–Crippen MR) is 365 cm³/mol. The molecule has 0 spiro atoms. The van der Waals surface area contributed by atoms with Crippen LogP contribution in [0.3, 0.4) is 0 Å². The van der Waals surface area contributed by atoms with E-state index >= 15 is 0 Å². The van der Waals surface area contributed by atoms with E-state index in [9.17, 15) is 0 Å². The van der Waals surface area contributed by atoms with Gasteiger partial charge in [-0.05, 0) is 163 Å². The van der Waals surface area contributed by atoms with Crippen LogP contribution in [0.1, 0.15) is 111 Å². The lowest BCUT2D eigenvalue weighted by Crippen LogP contribution is -2.20. The highest BCUT2D eigenvalue weighted by Crippen LogP contribution is 2.48. The van der Waals surface area contributed by atoms with Gasteiger partial charge >= 0.3 is 0 Å². The highest BCUT2D eigenvalue weighted by molar-refractivity contribution is 6.14. The number of fused-ring (bicyclic) bond motifs is 9. The average Bonchev–Trinajstić information content (AvgIpc) is 1.86. The van der Waals surface area contributed by atoms with Crippen LogP contribution in [0.15, 0.2) is 226 Å². The number of anilines is 6. The van der Waals surface area contributed by atoms with E-state index in [0.717, 1.165) is 100 Å². The van der Waals surface area contributed by atoms with Gasteiger partial charge in [-0.2, -0.15) is 15.8 Å². The summed E-state index contributed by atoms with van der Waals surface area (Å²) >= 11 is 0. The lowest BCUT2D eigenvalue weighted by atomic mass is 9.71. The number of para-hydroxylation sites is 6. The molecule has 0 unspecified atom stereocenters. The number of hydrogen-bond donors (Lipinski definition) is 0. The summed E-state index contributed by atoms with van der Waals surface area (Å²) in [5.41, 5.74) is 19.2. The first kappa shape index (κ1) is 57.5. The quantitative estimate of drug-likeness (QED) is 0.139. The van der Waals surface area contributed by atoms with E-state index in [2.05, 4.69) is 168 Å². The van der Waals surface area contributed by atoms with Gasteiger partial charge in [0.25, 0.3) is 0 Å². The molecule has 3 heterocycles. The monoisotopic (exact) mass is 1160 g/mol. The zero-order valence-electron chi connectivity index (χ0n) is 51.1. The van der Waals surface area contributed by atoms with Crippen molar-refractivity contribution in [2.24, 2.45) is 5.41 Å². The van der Waals surface area contributed by atoms with Gasteiger partial charge in [-0.15, -0.1) is 0 Å². The molecule has 0 aliphatic heterocycles. The maximum atomic E-state index is 9.09. The Bertz CT molecular complexity index is 4830. The minimum atomic E-state index is 0.454. The molecule has 2 fully saturated rings. The van der Waals surface area contributed by atoms with Crippen LogP contribution in [0, 0.1) is 39.4 Å². The molecule has 89 heavy (non-hydrogen) atoms. The fourth-order valence-corrected chi connectivity index (χ4v) is 13.6. The molecular weight excluding hydrogens is 1090 g/mol. The van der Waals surface area contributed by atoms with Gasteiger partial charge in [0, 0.05) is 76.1 Å². The van der Waals surface area contributed by atoms with Crippen molar-refractivity contribution in [3.63, 3.8) is 0 Å². The fraction of sp³-hybridized carbons (Fsp3) is 0.212. The Kier molecular flexibility index (Phi) is 16.0. The summed E-state index contributed by atoms with van der Waals surface area (Å²) in [5, 5.41) is 34.1. The smallest absolute Gasteiger partial charge is 0.159 e. The van der Waals surface area contributed by atoms with Gasteiger partial charge in [0.1, 0.15) is 16.7 Å². The van der Waals surface area contributed by atoms with Gasteiger partial charge in [-0.25, -0.2) is 0 Å². The highest BCUT2D eigenvalue weighted by atomic mass is 16.3. The molecule has 0 N–H and O–H groups in total. The molecule has 9 heteroatoms. The van der Waals surface area contributed by atoms with Crippen LogP contribution in [0.2, 0.25) is 0 Å². The molecule has 0 atom stereocenters. The van der Waals surface area contributed by atoms with Gasteiger partial charge in [-0.3, -0.25) is 0 Å². The molecule has 0 amide bonds. The number of benzene rings is 10. The van der Waals surface area contributed by atoms with Crippen molar-refractivity contribution in [3.8, 4) is 29.3 Å². The molecule has 2 saturated carbocycles. The summed E-state index contributed by atoms with van der Waals surface area (Å²) in [5.74, 6) is 1.17. The maximum Gasteiger partial charge on any atom is 0.159 e. The second-order valence-corrected chi connectivity index (χ2v) is 24.7. The third-order valence-corrected chi connectivity index (χ3v) is 18.7. The van der Waals surface area contributed by atoms with Crippen LogP contribution in [0.5, 0.6) is 0 Å². The first-order chi connectivity index (χ1) is 43.5. The van der Waals surface area contributed by atoms with Crippen LogP contribution in [0.4, 0.5) is 34.1 Å². The minimum Gasteiger partial charge on any atom is -0.454 e. The summed E-state index contributed by atoms with van der Waals surface area (Å²) in [7, 11) is 6.11. The molecule has 3 aromatic heterocycles. The third-order valence-electron chi connectivity index (χ3n) is 18.7. The van der Waals surface area contributed by atoms with E-state index in [0.29, 0.717) is 33.9 Å². The fourth-order valence-electron chi connectivity index (χ4n) is 13.6. The Morgan fingerprint density at radius 1 is 0.348 bits per heavy atom. The minimum absolute atomic E-state index is 0.454. The van der Waals surface area contributed by atoms with Gasteiger partial charge < -0.3 is 28.0 Å². The zero-order chi connectivity index (χ0) is 61.2. The average molecular weight is 1160 g/mol. The summed E-state index contributed by atoms with van der Waals surface area (Å²) in [6, 6.07) is 78.2. The Morgan fingerprint density at radius 2 is 0.685 bits per heavy atom. The second kappa shape index (κ2) is 24.7. The Labute approximate surface area is 520 Å². The van der Waals surface area contributed by atoms with Crippen LogP contribution in [0.25, 0.3) is 76.9 Å². The van der Waals surface area contributed by atoms with E-state index in [1.54, 1.807) is 0 Å². The number of furan rings is 3. The Balaban J connectivity index is 0.000000123. The van der Waals surface area contributed by atoms with Crippen molar-refractivity contribution >= 4 is 99.9 Å². The summed E-state index contributed by atoms with van der Waals surface area (Å²) in [4.78, 5) is 6.36. The molecule has 10 aromatic carbocycles. The molecule has 0 radical (unpaired) electrons. The van der Waals surface area contributed by atoms with E-state index in [1.165, 1.54) is 79.7 Å². The maximum absolute atomic E-state index is 9.09. The van der Waals surface area contributed by atoms with Crippen LogP contribution >= 0.6 is 0 Å². The van der Waals surface area contributed by atoms with Crippen LogP contribution < -0.4 is 14.7 Å². The SMILES string of the molecule is CN(c1ccc(C#N)cc1)c1cccc2c1oc1c(-c3ccccc3)cccc12.CN(c1ccc(C#N)cc1)c1cccc2c1oc1c(C3CCC(C)(C)CC3)cccc12.CN(c1ccc(C#N)cc1)c1cccc2c1oc1c(C3CCCCC3)cccc12. The van der Waals surface area contributed by atoms with Gasteiger partial charge in [-0.1, -0.05) is 154 Å². The molecule has 2 aliphatic rings. The molecule has 0 saturated heterocycles. The number of nitrogens with zero attached hydrogens (tertiary/aromatic N) is 6. The standard InChI is InChI=1S/C28H28N2O.C26H24N2O.C26H18N2O/c1-28(2)16-14-20(15-17-28)22-6-4-7-23-24-8-5-9-25(27(24)31-26(22)23)30(3)21-12-10-19(18-29)11-13-21;2*1-28(20-15-13-18(17-27)14-16-20)24-12-6-11-23-22-10-5-9-21(25(22)29-26(23)24)19-7-3-2-4-8-19/h4-13,20H,14-17H2,1-3H3;5-6,9-16,19H,2-4,7-8H2,1H3;2-16H,1H3. The van der Waals surface area contributed by atoms with Crippen molar-refractivity contribution in [2.45, 2.75) is 83.5 Å². The van der Waals surface area contributed by atoms with Crippen molar-refractivity contribution < 1.29 is 13.3 Å². The Morgan fingerprint density at radius 3 is 1.08 bits per heavy atom. The van der Waals surface area contributed by atoms with E-state index < -0.39 is 0 Å². The summed E-state index contributed by atoms with van der Waals surface area (Å²) in [6.07, 6.45) is 11.5. The molecule has 9 nitrogen and oxygen atoms in total. The third kappa shape index (κ3) is 11.3. The van der Waals surface area contributed by atoms with Crippen molar-refractivity contribution in [1.82, 2.24) is 0 Å². The van der Waals surface area contributed by atoms with Crippen molar-refractivity contribution in [3.05, 3.63) is 240 Å². The second-order valence-electron chi connectivity index (χ2n) is 24.7. The number of rotatable bonds is 9. The number of hydrogen-bond acceptors (Lipinski definition) is 9. The van der Waals surface area contributed by atoms with E-state index in [1.807, 2.05) is 112 Å². The van der Waals surface area contributed by atoms with Gasteiger partial charge in [0.2, 0.25) is 0 Å². The van der Waals surface area contributed by atoms with E-state index in [4.69, 9.17) is 29.0 Å². The largest absolute Gasteiger partial charge is 0.454 e. The normalized spacial score (nSPS) is 14.1. The van der Waals surface area contributed by atoms with E-state index in [-0.39, 0.29) is 0 Å². The van der Waals surface area contributed by atoms with Crippen molar-refractivity contribution in [1.29, 1.82) is 15.8 Å². The molecule has 2 aliphatic carbocycles. The van der Waals surface area contributed by atoms with Gasteiger partial charge in [0.05, 0.1) is 52.0 Å². The first-order valence-electron chi connectivity index (χ1n) is 31.1. The molecule has 0 bridgehead atoms. The summed E-state index contributed by atoms with van der Waals surface area (Å²) < 4.78 is 19.6. The van der Waals surface area contributed by atoms with Crippen LogP contribution in [-0.2, 0) is 0 Å². The highest BCUT2D eigenvalue weighted by Gasteiger charge is 2.30. The number of nitriles is 3. The molecular formula is C80H70N6O3. The summed E-state index contributed by atoms with van der Waals surface area (Å²) in [6.45, 7) is 4.77. The topological polar surface area (TPSA) is 121 Å². The van der Waals surface area contributed by atoms with Crippen LogP contribution in [-0.4, -0.2) is 21.1 Å². The lowest BCUT2D eigenvalue weighted by molar-refractivity contribution is 0.224.